The molecule has 1 aromatic carbocycles. The van der Waals surface area contributed by atoms with Gasteiger partial charge in [-0.1, -0.05) is 24.3 Å². The van der Waals surface area contributed by atoms with Crippen molar-refractivity contribution in [2.75, 3.05) is 11.9 Å². The van der Waals surface area contributed by atoms with Crippen LogP contribution in [0.4, 0.5) is 5.69 Å². The minimum Gasteiger partial charge on any atom is -0.382 e. The number of fused-ring (bicyclic) bond motifs is 1. The lowest BCUT2D eigenvalue weighted by Gasteiger charge is -2.25. The zero-order valence-corrected chi connectivity index (χ0v) is 10.8. The monoisotopic (exact) mass is 241 g/mol. The minimum atomic E-state index is 0.634. The number of anilines is 1. The van der Waals surface area contributed by atoms with Crippen LogP contribution < -0.4 is 5.32 Å². The summed E-state index contributed by atoms with van der Waals surface area (Å²) in [7, 11) is 1.95. The maximum atomic E-state index is 4.18. The van der Waals surface area contributed by atoms with E-state index in [2.05, 4.69) is 34.7 Å². The third kappa shape index (κ3) is 2.26. The second-order valence-corrected chi connectivity index (χ2v) is 5.07. The van der Waals surface area contributed by atoms with E-state index in [9.17, 15) is 0 Å². The van der Waals surface area contributed by atoms with Crippen LogP contribution in [0.2, 0.25) is 0 Å². The zero-order chi connectivity index (χ0) is 12.4. The van der Waals surface area contributed by atoms with Gasteiger partial charge in [0.2, 0.25) is 0 Å². The molecule has 0 amide bonds. The second kappa shape index (κ2) is 4.84. The quantitative estimate of drug-likeness (QED) is 0.895. The summed E-state index contributed by atoms with van der Waals surface area (Å²) in [6.45, 7) is 1.00. The van der Waals surface area contributed by atoms with E-state index in [1.54, 1.807) is 0 Å². The molecule has 1 heterocycles. The highest BCUT2D eigenvalue weighted by Crippen LogP contribution is 2.31. The van der Waals surface area contributed by atoms with Crippen molar-refractivity contribution in [3.05, 3.63) is 47.8 Å². The molecule has 1 atom stereocenters. The van der Waals surface area contributed by atoms with E-state index in [1.807, 2.05) is 24.1 Å². The third-order valence-corrected chi connectivity index (χ3v) is 3.75. The summed E-state index contributed by atoms with van der Waals surface area (Å²) in [4.78, 5) is 0. The Kier molecular flexibility index (Phi) is 3.05. The van der Waals surface area contributed by atoms with Crippen molar-refractivity contribution in [2.45, 2.75) is 25.2 Å². The molecule has 0 aliphatic heterocycles. The summed E-state index contributed by atoms with van der Waals surface area (Å²) in [5.41, 5.74) is 4.17. The van der Waals surface area contributed by atoms with Gasteiger partial charge in [-0.15, -0.1) is 0 Å². The van der Waals surface area contributed by atoms with Crippen LogP contribution in [0.25, 0.3) is 0 Å². The number of nitrogens with zero attached hydrogens (tertiary/aromatic N) is 2. The highest BCUT2D eigenvalue weighted by Gasteiger charge is 2.19. The average molecular weight is 241 g/mol. The molecule has 94 valence electrons. The predicted octanol–water partition coefficient (Wildman–Crippen LogP) is 2.95. The van der Waals surface area contributed by atoms with E-state index in [0.717, 1.165) is 12.2 Å². The molecule has 0 saturated carbocycles. The summed E-state index contributed by atoms with van der Waals surface area (Å²) in [6, 6.07) is 8.85. The van der Waals surface area contributed by atoms with Crippen molar-refractivity contribution >= 4 is 5.69 Å². The summed E-state index contributed by atoms with van der Waals surface area (Å²) >= 11 is 0. The van der Waals surface area contributed by atoms with Crippen molar-refractivity contribution in [3.63, 3.8) is 0 Å². The first-order valence-corrected chi connectivity index (χ1v) is 6.63. The number of aryl methyl sites for hydroxylation is 2. The Labute approximate surface area is 108 Å². The van der Waals surface area contributed by atoms with Gasteiger partial charge < -0.3 is 5.32 Å². The van der Waals surface area contributed by atoms with Gasteiger partial charge in [0.05, 0.1) is 11.9 Å². The van der Waals surface area contributed by atoms with Gasteiger partial charge >= 0.3 is 0 Å². The summed E-state index contributed by atoms with van der Waals surface area (Å²) in [5, 5.41) is 7.67. The fourth-order valence-corrected chi connectivity index (χ4v) is 2.82. The van der Waals surface area contributed by atoms with E-state index in [-0.39, 0.29) is 0 Å². The molecule has 1 aliphatic rings. The van der Waals surface area contributed by atoms with E-state index >= 15 is 0 Å². The number of hydrogen-bond donors (Lipinski definition) is 1. The van der Waals surface area contributed by atoms with Crippen LogP contribution in [-0.4, -0.2) is 16.3 Å². The molecule has 1 aromatic heterocycles. The van der Waals surface area contributed by atoms with Crippen molar-refractivity contribution in [3.8, 4) is 0 Å². The number of rotatable bonds is 3. The van der Waals surface area contributed by atoms with Crippen LogP contribution >= 0.6 is 0 Å². The van der Waals surface area contributed by atoms with Crippen molar-refractivity contribution in [1.82, 2.24) is 9.78 Å². The molecular weight excluding hydrogens is 222 g/mol. The molecule has 1 unspecified atom stereocenters. The van der Waals surface area contributed by atoms with Crippen molar-refractivity contribution < 1.29 is 0 Å². The first-order chi connectivity index (χ1) is 8.83. The van der Waals surface area contributed by atoms with Crippen LogP contribution in [0.15, 0.2) is 36.7 Å². The van der Waals surface area contributed by atoms with Crippen LogP contribution in [-0.2, 0) is 13.5 Å². The Morgan fingerprint density at radius 3 is 3.11 bits per heavy atom. The Balaban J connectivity index is 1.71. The highest BCUT2D eigenvalue weighted by molar-refractivity contribution is 5.40. The van der Waals surface area contributed by atoms with Crippen molar-refractivity contribution in [2.24, 2.45) is 7.05 Å². The second-order valence-electron chi connectivity index (χ2n) is 5.07. The first-order valence-electron chi connectivity index (χ1n) is 6.63. The largest absolute Gasteiger partial charge is 0.382 e. The molecule has 3 heteroatoms. The van der Waals surface area contributed by atoms with Gasteiger partial charge in [0.1, 0.15) is 0 Å². The lowest BCUT2D eigenvalue weighted by molar-refractivity contribution is 0.572. The molecule has 0 bridgehead atoms. The molecule has 0 spiro atoms. The molecule has 3 nitrogen and oxygen atoms in total. The van der Waals surface area contributed by atoms with Crippen LogP contribution in [0.3, 0.4) is 0 Å². The van der Waals surface area contributed by atoms with Crippen LogP contribution in [0.1, 0.15) is 29.9 Å². The number of aromatic nitrogens is 2. The molecular formula is C15H19N3. The van der Waals surface area contributed by atoms with Gasteiger partial charge in [-0.25, -0.2) is 0 Å². The summed E-state index contributed by atoms with van der Waals surface area (Å²) < 4.78 is 1.83. The maximum absolute atomic E-state index is 4.18. The number of hydrogen-bond acceptors (Lipinski definition) is 2. The molecule has 1 N–H and O–H groups in total. The number of nitrogens with one attached hydrogen (secondary N) is 1. The standard InChI is InChI=1S/C15H19N3/c1-18-11-14(10-17-18)16-9-13-7-4-6-12-5-2-3-8-15(12)13/h2-3,5,8,10-11,13,16H,4,6-7,9H2,1H3. The lowest BCUT2D eigenvalue weighted by Crippen LogP contribution is -2.17. The normalized spacial score (nSPS) is 18.4. The molecule has 18 heavy (non-hydrogen) atoms. The van der Waals surface area contributed by atoms with Gasteiger partial charge in [-0.05, 0) is 30.4 Å². The zero-order valence-electron chi connectivity index (χ0n) is 10.8. The molecule has 0 radical (unpaired) electrons. The van der Waals surface area contributed by atoms with E-state index in [1.165, 1.54) is 30.4 Å². The van der Waals surface area contributed by atoms with Crippen molar-refractivity contribution in [1.29, 1.82) is 0 Å². The molecule has 0 fully saturated rings. The highest BCUT2D eigenvalue weighted by atomic mass is 15.3. The van der Waals surface area contributed by atoms with Gasteiger partial charge in [0.25, 0.3) is 0 Å². The minimum absolute atomic E-state index is 0.634. The van der Waals surface area contributed by atoms with Crippen LogP contribution in [0.5, 0.6) is 0 Å². The SMILES string of the molecule is Cn1cc(NCC2CCCc3ccccc32)cn1. The molecule has 2 aromatic rings. The summed E-state index contributed by atoms with van der Waals surface area (Å²) in [5.74, 6) is 0.634. The van der Waals surface area contributed by atoms with Crippen LogP contribution in [0, 0.1) is 0 Å². The summed E-state index contributed by atoms with van der Waals surface area (Å²) in [6.07, 6.45) is 7.73. The fraction of sp³-hybridized carbons (Fsp3) is 0.400. The van der Waals surface area contributed by atoms with Gasteiger partial charge in [-0.2, -0.15) is 5.10 Å². The molecule has 3 rings (SSSR count). The number of benzene rings is 1. The Bertz CT molecular complexity index is 530. The topological polar surface area (TPSA) is 29.9 Å². The Morgan fingerprint density at radius 1 is 1.39 bits per heavy atom. The predicted molar refractivity (Wildman–Crippen MR) is 73.8 cm³/mol. The Morgan fingerprint density at radius 2 is 2.28 bits per heavy atom. The van der Waals surface area contributed by atoms with Gasteiger partial charge in [0.15, 0.2) is 0 Å². The van der Waals surface area contributed by atoms with E-state index in [0.29, 0.717) is 5.92 Å². The smallest absolute Gasteiger partial charge is 0.0726 e. The average Bonchev–Trinajstić information content (AvgIpc) is 2.82. The van der Waals surface area contributed by atoms with E-state index in [4.69, 9.17) is 0 Å². The molecule has 1 aliphatic carbocycles. The van der Waals surface area contributed by atoms with Gasteiger partial charge in [-0.3, -0.25) is 4.68 Å². The first kappa shape index (κ1) is 11.3. The van der Waals surface area contributed by atoms with Gasteiger partial charge in [0, 0.05) is 25.7 Å². The lowest BCUT2D eigenvalue weighted by atomic mass is 9.83. The maximum Gasteiger partial charge on any atom is 0.0726 e. The molecule has 0 saturated heterocycles. The Hall–Kier alpha value is -1.77. The van der Waals surface area contributed by atoms with E-state index < -0.39 is 0 Å². The fourth-order valence-electron chi connectivity index (χ4n) is 2.82. The third-order valence-electron chi connectivity index (χ3n) is 3.75.